The molecule has 16 heteroatoms. The standard InChI is InChI=1S/C17H25F3N5O7P/c1-12(2)3-5-31-16(26)24-14-13-15(22-8-21-14)25(9-23-13)4-6-29-10-30-11-33(27,28)32-7-17(18,19)20/h8-9,12H,3-7,10-11H2,1-2H3,(H,27,28)(H,21,22,24,26). The number of fused-ring (bicyclic) bond motifs is 1. The fourth-order valence-corrected chi connectivity index (χ4v) is 3.03. The molecule has 1 unspecified atom stereocenters. The van der Waals surface area contributed by atoms with Crippen LogP contribution in [0.5, 0.6) is 0 Å². The van der Waals surface area contributed by atoms with Crippen LogP contribution in [-0.4, -0.2) is 69.6 Å². The second-order valence-corrected chi connectivity index (χ2v) is 8.95. The highest BCUT2D eigenvalue weighted by Gasteiger charge is 2.32. The highest BCUT2D eigenvalue weighted by Crippen LogP contribution is 2.43. The summed E-state index contributed by atoms with van der Waals surface area (Å²) in [6.07, 6.45) is -2.92. The number of nitrogens with zero attached hydrogens (tertiary/aromatic N) is 4. The number of amides is 1. The first-order valence-electron chi connectivity index (χ1n) is 9.75. The molecule has 2 N–H and O–H groups in total. The zero-order chi connectivity index (χ0) is 24.5. The van der Waals surface area contributed by atoms with E-state index in [0.29, 0.717) is 17.1 Å². The minimum atomic E-state index is -4.73. The van der Waals surface area contributed by atoms with E-state index in [1.54, 1.807) is 4.57 Å². The van der Waals surface area contributed by atoms with Crippen molar-refractivity contribution in [2.24, 2.45) is 5.92 Å². The van der Waals surface area contributed by atoms with Crippen molar-refractivity contribution < 1.29 is 46.2 Å². The molecule has 0 radical (unpaired) electrons. The lowest BCUT2D eigenvalue weighted by molar-refractivity contribution is -0.155. The molecule has 2 rings (SSSR count). The van der Waals surface area contributed by atoms with Crippen LogP contribution < -0.4 is 5.32 Å². The Morgan fingerprint density at radius 3 is 2.70 bits per heavy atom. The average molecular weight is 499 g/mol. The van der Waals surface area contributed by atoms with E-state index in [1.807, 2.05) is 13.8 Å². The Kier molecular flexibility index (Phi) is 9.98. The Hall–Kier alpha value is -2.32. The van der Waals surface area contributed by atoms with Crippen LogP contribution in [-0.2, 0) is 29.8 Å². The number of aromatic nitrogens is 4. The maximum atomic E-state index is 12.0. The van der Waals surface area contributed by atoms with Crippen LogP contribution in [0.2, 0.25) is 0 Å². The van der Waals surface area contributed by atoms with E-state index in [9.17, 15) is 27.4 Å². The van der Waals surface area contributed by atoms with E-state index in [4.69, 9.17) is 14.2 Å². The molecule has 33 heavy (non-hydrogen) atoms. The van der Waals surface area contributed by atoms with Gasteiger partial charge in [-0.15, -0.1) is 0 Å². The predicted octanol–water partition coefficient (Wildman–Crippen LogP) is 3.13. The second-order valence-electron chi connectivity index (χ2n) is 7.16. The molecule has 0 aliphatic heterocycles. The van der Waals surface area contributed by atoms with Gasteiger partial charge in [0.2, 0.25) is 0 Å². The van der Waals surface area contributed by atoms with Gasteiger partial charge in [-0.2, -0.15) is 13.2 Å². The topological polar surface area (TPSA) is 147 Å². The molecular weight excluding hydrogens is 474 g/mol. The summed E-state index contributed by atoms with van der Waals surface area (Å²) < 4.78 is 68.0. The van der Waals surface area contributed by atoms with Gasteiger partial charge in [0.1, 0.15) is 13.1 Å². The lowest BCUT2D eigenvalue weighted by atomic mass is 10.1. The van der Waals surface area contributed by atoms with Gasteiger partial charge < -0.3 is 23.7 Å². The van der Waals surface area contributed by atoms with Crippen LogP contribution in [0.1, 0.15) is 20.3 Å². The number of ether oxygens (including phenoxy) is 3. The van der Waals surface area contributed by atoms with Gasteiger partial charge in [0, 0.05) is 6.54 Å². The Morgan fingerprint density at radius 2 is 2.00 bits per heavy atom. The molecule has 1 amide bonds. The molecular formula is C17H25F3N5O7P. The monoisotopic (exact) mass is 499 g/mol. The van der Waals surface area contributed by atoms with Gasteiger partial charge in [-0.25, -0.2) is 19.7 Å². The summed E-state index contributed by atoms with van der Waals surface area (Å²) in [5.41, 5.74) is 0.741. The molecule has 2 aromatic heterocycles. The van der Waals surface area contributed by atoms with Gasteiger partial charge in [0.25, 0.3) is 0 Å². The molecule has 0 saturated heterocycles. The Balaban J connectivity index is 1.77. The predicted molar refractivity (Wildman–Crippen MR) is 108 cm³/mol. The van der Waals surface area contributed by atoms with Crippen LogP contribution in [0.25, 0.3) is 11.2 Å². The Labute approximate surface area is 186 Å². The van der Waals surface area contributed by atoms with E-state index >= 15 is 0 Å². The number of carbonyl (C=O) groups is 1. The fourth-order valence-electron chi connectivity index (χ4n) is 2.30. The van der Waals surface area contributed by atoms with Crippen molar-refractivity contribution in [1.29, 1.82) is 0 Å². The summed E-state index contributed by atoms with van der Waals surface area (Å²) in [6, 6.07) is 0. The van der Waals surface area contributed by atoms with Crippen LogP contribution in [0.3, 0.4) is 0 Å². The third kappa shape index (κ3) is 10.0. The summed E-state index contributed by atoms with van der Waals surface area (Å²) in [6.45, 7) is 2.30. The molecule has 0 aromatic carbocycles. The minimum Gasteiger partial charge on any atom is -0.449 e. The summed E-state index contributed by atoms with van der Waals surface area (Å²) >= 11 is 0. The summed E-state index contributed by atoms with van der Waals surface area (Å²) in [5.74, 6) is 0.567. The largest absolute Gasteiger partial charge is 0.449 e. The van der Waals surface area contributed by atoms with E-state index in [2.05, 4.69) is 24.8 Å². The smallest absolute Gasteiger partial charge is 0.412 e. The second kappa shape index (κ2) is 12.2. The molecule has 186 valence electrons. The van der Waals surface area contributed by atoms with Crippen molar-refractivity contribution in [3.8, 4) is 0 Å². The van der Waals surface area contributed by atoms with Crippen molar-refractivity contribution in [2.45, 2.75) is 33.0 Å². The first-order valence-corrected chi connectivity index (χ1v) is 11.5. The SMILES string of the molecule is CC(C)CCOC(=O)Nc1ncnc2c1ncn2CCOCOCP(=O)(O)OCC(F)(F)F. The molecule has 2 heterocycles. The van der Waals surface area contributed by atoms with Crippen molar-refractivity contribution >= 4 is 30.7 Å². The van der Waals surface area contributed by atoms with Gasteiger partial charge in [-0.05, 0) is 12.3 Å². The normalized spacial score (nSPS) is 13.9. The molecule has 0 aliphatic rings. The number of rotatable bonds is 13. The third-order valence-electron chi connectivity index (χ3n) is 3.88. The Bertz CT molecular complexity index is 957. The number of hydrogen-bond donors (Lipinski definition) is 2. The van der Waals surface area contributed by atoms with Gasteiger partial charge in [-0.1, -0.05) is 13.8 Å². The molecule has 0 aliphatic carbocycles. The number of anilines is 1. The van der Waals surface area contributed by atoms with Crippen molar-refractivity contribution in [3.05, 3.63) is 12.7 Å². The van der Waals surface area contributed by atoms with Crippen molar-refractivity contribution in [3.63, 3.8) is 0 Å². The Morgan fingerprint density at radius 1 is 1.24 bits per heavy atom. The van der Waals surface area contributed by atoms with Gasteiger partial charge in [0.15, 0.2) is 29.9 Å². The number of carbonyl (C=O) groups excluding carboxylic acids is 1. The number of halogens is 3. The summed E-state index contributed by atoms with van der Waals surface area (Å²) in [7, 11) is -4.55. The van der Waals surface area contributed by atoms with Crippen molar-refractivity contribution in [1.82, 2.24) is 19.5 Å². The maximum absolute atomic E-state index is 12.0. The fraction of sp³-hybridized carbons (Fsp3) is 0.647. The summed E-state index contributed by atoms with van der Waals surface area (Å²) in [5, 5.41) is 2.52. The van der Waals surface area contributed by atoms with Crippen LogP contribution >= 0.6 is 7.60 Å². The lowest BCUT2D eigenvalue weighted by Crippen LogP contribution is -2.17. The van der Waals surface area contributed by atoms with Crippen molar-refractivity contribution in [2.75, 3.05) is 38.3 Å². The van der Waals surface area contributed by atoms with E-state index in [1.165, 1.54) is 12.7 Å². The van der Waals surface area contributed by atoms with E-state index < -0.39 is 39.6 Å². The number of nitrogens with one attached hydrogen (secondary N) is 1. The minimum absolute atomic E-state index is 0.0641. The first-order chi connectivity index (χ1) is 15.5. The number of hydrogen-bond acceptors (Lipinski definition) is 9. The number of alkyl halides is 3. The summed E-state index contributed by atoms with van der Waals surface area (Å²) in [4.78, 5) is 33.4. The molecule has 0 fully saturated rings. The van der Waals surface area contributed by atoms with Gasteiger partial charge in [-0.3, -0.25) is 14.4 Å². The van der Waals surface area contributed by atoms with Crippen LogP contribution in [0.15, 0.2) is 12.7 Å². The molecule has 0 spiro atoms. The van der Waals surface area contributed by atoms with E-state index in [-0.39, 0.29) is 25.6 Å². The highest BCUT2D eigenvalue weighted by molar-refractivity contribution is 7.52. The quantitative estimate of drug-likeness (QED) is 0.239. The maximum Gasteiger partial charge on any atom is 0.412 e. The van der Waals surface area contributed by atoms with Crippen LogP contribution in [0.4, 0.5) is 23.8 Å². The molecule has 0 bridgehead atoms. The molecule has 0 saturated carbocycles. The van der Waals surface area contributed by atoms with E-state index in [0.717, 1.165) is 6.42 Å². The molecule has 12 nitrogen and oxygen atoms in total. The lowest BCUT2D eigenvalue weighted by Gasteiger charge is -2.14. The molecule has 1 atom stereocenters. The molecule has 2 aromatic rings. The van der Waals surface area contributed by atoms with Crippen LogP contribution in [0, 0.1) is 5.92 Å². The first kappa shape index (κ1) is 26.9. The zero-order valence-electron chi connectivity index (χ0n) is 17.9. The van der Waals surface area contributed by atoms with Gasteiger partial charge >= 0.3 is 19.9 Å². The highest BCUT2D eigenvalue weighted by atomic mass is 31.2. The number of imidazole rings is 1. The zero-order valence-corrected chi connectivity index (χ0v) is 18.8. The average Bonchev–Trinajstić information content (AvgIpc) is 3.12. The third-order valence-corrected chi connectivity index (χ3v) is 4.92. The van der Waals surface area contributed by atoms with Gasteiger partial charge in [0.05, 0.1) is 19.5 Å².